The molecule has 1 atom stereocenters. The Balaban J connectivity index is 1.91. The SMILES string of the molecule is CC1(NCc2occc2Br)CCOC1. The highest BCUT2D eigenvalue weighted by Gasteiger charge is 2.29. The van der Waals surface area contributed by atoms with E-state index in [-0.39, 0.29) is 5.54 Å². The topological polar surface area (TPSA) is 34.4 Å². The molecule has 1 unspecified atom stereocenters. The van der Waals surface area contributed by atoms with Crippen LogP contribution >= 0.6 is 15.9 Å². The second-order valence-corrected chi connectivity index (χ2v) is 4.76. The predicted molar refractivity (Wildman–Crippen MR) is 57.1 cm³/mol. The first kappa shape index (κ1) is 10.2. The van der Waals surface area contributed by atoms with Crippen molar-refractivity contribution in [3.05, 3.63) is 22.6 Å². The third kappa shape index (κ3) is 2.19. The summed E-state index contributed by atoms with van der Waals surface area (Å²) in [6.07, 6.45) is 2.75. The van der Waals surface area contributed by atoms with E-state index in [1.54, 1.807) is 6.26 Å². The van der Waals surface area contributed by atoms with Crippen LogP contribution in [0.2, 0.25) is 0 Å². The molecular formula is C10H14BrNO2. The van der Waals surface area contributed by atoms with Crippen LogP contribution in [0.4, 0.5) is 0 Å². The van der Waals surface area contributed by atoms with Crippen LogP contribution < -0.4 is 5.32 Å². The Morgan fingerprint density at radius 2 is 2.50 bits per heavy atom. The lowest BCUT2D eigenvalue weighted by Gasteiger charge is -2.22. The van der Waals surface area contributed by atoms with E-state index in [0.29, 0.717) is 0 Å². The van der Waals surface area contributed by atoms with Crippen LogP contribution in [0.5, 0.6) is 0 Å². The summed E-state index contributed by atoms with van der Waals surface area (Å²) in [5.74, 6) is 0.943. The minimum absolute atomic E-state index is 0.103. The summed E-state index contributed by atoms with van der Waals surface area (Å²) in [5.41, 5.74) is 0.103. The third-order valence-electron chi connectivity index (χ3n) is 2.59. The minimum atomic E-state index is 0.103. The third-order valence-corrected chi connectivity index (χ3v) is 3.29. The summed E-state index contributed by atoms with van der Waals surface area (Å²) in [7, 11) is 0. The Bertz CT molecular complexity index is 305. The molecule has 1 fully saturated rings. The van der Waals surface area contributed by atoms with Gasteiger partial charge >= 0.3 is 0 Å². The molecular weight excluding hydrogens is 246 g/mol. The lowest BCUT2D eigenvalue weighted by atomic mass is 10.0. The molecule has 2 rings (SSSR count). The van der Waals surface area contributed by atoms with Crippen LogP contribution in [0.3, 0.4) is 0 Å². The standard InChI is InChI=1S/C10H14BrNO2/c1-10(3-5-13-7-10)12-6-9-8(11)2-4-14-9/h2,4,12H,3,5-7H2,1H3. The van der Waals surface area contributed by atoms with Crippen molar-refractivity contribution >= 4 is 15.9 Å². The van der Waals surface area contributed by atoms with Crippen molar-refractivity contribution in [3.8, 4) is 0 Å². The molecule has 0 spiro atoms. The number of hydrogen-bond donors (Lipinski definition) is 1. The molecule has 3 nitrogen and oxygen atoms in total. The summed E-state index contributed by atoms with van der Waals surface area (Å²) in [4.78, 5) is 0. The molecule has 1 aliphatic heterocycles. The van der Waals surface area contributed by atoms with Crippen molar-refractivity contribution in [2.24, 2.45) is 0 Å². The molecule has 0 aliphatic carbocycles. The van der Waals surface area contributed by atoms with E-state index in [2.05, 4.69) is 28.2 Å². The maximum Gasteiger partial charge on any atom is 0.131 e. The first-order chi connectivity index (χ1) is 6.70. The largest absolute Gasteiger partial charge is 0.467 e. The van der Waals surface area contributed by atoms with E-state index >= 15 is 0 Å². The maximum atomic E-state index is 5.36. The zero-order valence-electron chi connectivity index (χ0n) is 8.18. The highest BCUT2D eigenvalue weighted by atomic mass is 79.9. The van der Waals surface area contributed by atoms with Gasteiger partial charge in [-0.3, -0.25) is 0 Å². The molecule has 14 heavy (non-hydrogen) atoms. The first-order valence-electron chi connectivity index (χ1n) is 4.74. The van der Waals surface area contributed by atoms with Gasteiger partial charge in [0.2, 0.25) is 0 Å². The number of ether oxygens (including phenoxy) is 1. The summed E-state index contributed by atoms with van der Waals surface area (Å²) in [6.45, 7) is 4.55. The van der Waals surface area contributed by atoms with Gasteiger partial charge in [-0.1, -0.05) is 0 Å². The fraction of sp³-hybridized carbons (Fsp3) is 0.600. The van der Waals surface area contributed by atoms with E-state index in [4.69, 9.17) is 9.15 Å². The highest BCUT2D eigenvalue weighted by Crippen LogP contribution is 2.21. The lowest BCUT2D eigenvalue weighted by Crippen LogP contribution is -2.42. The number of hydrogen-bond acceptors (Lipinski definition) is 3. The molecule has 0 saturated carbocycles. The van der Waals surface area contributed by atoms with Crippen LogP contribution in [0.1, 0.15) is 19.1 Å². The van der Waals surface area contributed by atoms with Gasteiger partial charge in [0.1, 0.15) is 5.76 Å². The van der Waals surface area contributed by atoms with Gasteiger partial charge in [-0.2, -0.15) is 0 Å². The van der Waals surface area contributed by atoms with Crippen LogP contribution in [0.25, 0.3) is 0 Å². The predicted octanol–water partition coefficient (Wildman–Crippen LogP) is 2.31. The van der Waals surface area contributed by atoms with Crippen molar-refractivity contribution in [2.75, 3.05) is 13.2 Å². The van der Waals surface area contributed by atoms with Gasteiger partial charge in [0, 0.05) is 12.1 Å². The highest BCUT2D eigenvalue weighted by molar-refractivity contribution is 9.10. The maximum absolute atomic E-state index is 5.36. The van der Waals surface area contributed by atoms with Gasteiger partial charge in [-0.05, 0) is 35.3 Å². The molecule has 0 amide bonds. The molecule has 1 aromatic heterocycles. The van der Waals surface area contributed by atoms with E-state index in [9.17, 15) is 0 Å². The Hall–Kier alpha value is -0.320. The summed E-state index contributed by atoms with van der Waals surface area (Å²) in [5, 5.41) is 3.45. The van der Waals surface area contributed by atoms with E-state index in [1.807, 2.05) is 6.07 Å². The molecule has 4 heteroatoms. The molecule has 0 radical (unpaired) electrons. The molecule has 1 N–H and O–H groups in total. The second kappa shape index (κ2) is 4.04. The normalized spacial score (nSPS) is 27.0. The van der Waals surface area contributed by atoms with Crippen molar-refractivity contribution in [1.82, 2.24) is 5.32 Å². The fourth-order valence-corrected chi connectivity index (χ4v) is 1.89. The molecule has 78 valence electrons. The van der Waals surface area contributed by atoms with E-state index in [0.717, 1.165) is 36.4 Å². The molecule has 1 aliphatic rings. The monoisotopic (exact) mass is 259 g/mol. The average molecular weight is 260 g/mol. The van der Waals surface area contributed by atoms with Crippen molar-refractivity contribution in [3.63, 3.8) is 0 Å². The Morgan fingerprint density at radius 1 is 1.64 bits per heavy atom. The van der Waals surface area contributed by atoms with Gasteiger partial charge < -0.3 is 14.5 Å². The van der Waals surface area contributed by atoms with Gasteiger partial charge in [0.15, 0.2) is 0 Å². The van der Waals surface area contributed by atoms with Crippen molar-refractivity contribution < 1.29 is 9.15 Å². The summed E-state index contributed by atoms with van der Waals surface area (Å²) >= 11 is 3.43. The number of furan rings is 1. The van der Waals surface area contributed by atoms with E-state index in [1.165, 1.54) is 0 Å². The first-order valence-corrected chi connectivity index (χ1v) is 5.54. The zero-order chi connectivity index (χ0) is 10.0. The quantitative estimate of drug-likeness (QED) is 0.905. The number of halogens is 1. The van der Waals surface area contributed by atoms with Gasteiger partial charge in [0.05, 0.1) is 23.9 Å². The number of rotatable bonds is 3. The van der Waals surface area contributed by atoms with Gasteiger partial charge in [-0.25, -0.2) is 0 Å². The lowest BCUT2D eigenvalue weighted by molar-refractivity contribution is 0.170. The Labute approximate surface area is 91.9 Å². The number of nitrogens with one attached hydrogen (secondary N) is 1. The molecule has 1 aromatic rings. The minimum Gasteiger partial charge on any atom is -0.467 e. The molecule has 1 saturated heterocycles. The van der Waals surface area contributed by atoms with Crippen LogP contribution in [-0.4, -0.2) is 18.8 Å². The fourth-order valence-electron chi connectivity index (χ4n) is 1.55. The molecule has 0 bridgehead atoms. The zero-order valence-corrected chi connectivity index (χ0v) is 9.76. The van der Waals surface area contributed by atoms with Gasteiger partial charge in [0.25, 0.3) is 0 Å². The van der Waals surface area contributed by atoms with Crippen LogP contribution in [-0.2, 0) is 11.3 Å². The molecule has 0 aromatic carbocycles. The Morgan fingerprint density at radius 3 is 3.07 bits per heavy atom. The molecule has 2 heterocycles. The van der Waals surface area contributed by atoms with Gasteiger partial charge in [-0.15, -0.1) is 0 Å². The summed E-state index contributed by atoms with van der Waals surface area (Å²) in [6, 6.07) is 1.91. The second-order valence-electron chi connectivity index (χ2n) is 3.91. The summed E-state index contributed by atoms with van der Waals surface area (Å²) < 4.78 is 11.7. The van der Waals surface area contributed by atoms with Crippen molar-refractivity contribution in [1.29, 1.82) is 0 Å². The Kier molecular flexibility index (Phi) is 2.95. The van der Waals surface area contributed by atoms with Crippen molar-refractivity contribution in [2.45, 2.75) is 25.4 Å². The van der Waals surface area contributed by atoms with Crippen LogP contribution in [0.15, 0.2) is 21.2 Å². The van der Waals surface area contributed by atoms with E-state index < -0.39 is 0 Å². The smallest absolute Gasteiger partial charge is 0.131 e. The van der Waals surface area contributed by atoms with Crippen LogP contribution in [0, 0.1) is 0 Å². The average Bonchev–Trinajstić information content (AvgIpc) is 2.73.